The standard InChI is InChI=1S/C20H24N4O2/c1-12(2)14-11-10-13-6-3-4-7-15(13)18(14)24-20(26)23-17-9-5-8-16(22-17)19(21)25/h3-9,12,14,18H,10-11H2,1-2H3,(H2,21,25)(H2,22,23,24,26). The monoisotopic (exact) mass is 352 g/mol. The van der Waals surface area contributed by atoms with Crippen LogP contribution >= 0.6 is 0 Å². The minimum atomic E-state index is -0.630. The molecule has 1 aromatic carbocycles. The van der Waals surface area contributed by atoms with Crippen LogP contribution in [0.1, 0.15) is 47.9 Å². The fraction of sp³-hybridized carbons (Fsp3) is 0.350. The fourth-order valence-electron chi connectivity index (χ4n) is 3.62. The highest BCUT2D eigenvalue weighted by molar-refractivity contribution is 5.92. The van der Waals surface area contributed by atoms with Crippen molar-refractivity contribution < 1.29 is 9.59 Å². The summed E-state index contributed by atoms with van der Waals surface area (Å²) in [5.74, 6) is 0.477. The Morgan fingerprint density at radius 1 is 1.15 bits per heavy atom. The van der Waals surface area contributed by atoms with Crippen molar-refractivity contribution in [2.45, 2.75) is 32.7 Å². The quantitative estimate of drug-likeness (QED) is 0.788. The number of pyridine rings is 1. The number of rotatable bonds is 4. The zero-order valence-electron chi connectivity index (χ0n) is 15.0. The van der Waals surface area contributed by atoms with E-state index in [0.29, 0.717) is 17.7 Å². The molecule has 0 fully saturated rings. The summed E-state index contributed by atoms with van der Waals surface area (Å²) < 4.78 is 0. The Bertz CT molecular complexity index is 819. The number of aryl methyl sites for hydroxylation is 1. The molecule has 1 aliphatic carbocycles. The second-order valence-electron chi connectivity index (χ2n) is 6.99. The Morgan fingerprint density at radius 2 is 1.92 bits per heavy atom. The maximum Gasteiger partial charge on any atom is 0.320 e. The normalized spacial score (nSPS) is 18.9. The van der Waals surface area contributed by atoms with Gasteiger partial charge in [-0.05, 0) is 47.9 Å². The van der Waals surface area contributed by atoms with E-state index < -0.39 is 5.91 Å². The van der Waals surface area contributed by atoms with Crippen molar-refractivity contribution in [3.63, 3.8) is 0 Å². The summed E-state index contributed by atoms with van der Waals surface area (Å²) in [7, 11) is 0. The van der Waals surface area contributed by atoms with Gasteiger partial charge in [0.15, 0.2) is 0 Å². The van der Waals surface area contributed by atoms with Crippen LogP contribution in [-0.2, 0) is 6.42 Å². The molecule has 0 bridgehead atoms. The van der Waals surface area contributed by atoms with Gasteiger partial charge < -0.3 is 11.1 Å². The molecule has 2 aromatic rings. The fourth-order valence-corrected chi connectivity index (χ4v) is 3.62. The first kappa shape index (κ1) is 17.9. The van der Waals surface area contributed by atoms with Gasteiger partial charge in [0.05, 0.1) is 6.04 Å². The van der Waals surface area contributed by atoms with E-state index in [-0.39, 0.29) is 17.8 Å². The molecule has 136 valence electrons. The number of nitrogens with zero attached hydrogens (tertiary/aromatic N) is 1. The molecular weight excluding hydrogens is 328 g/mol. The Balaban J connectivity index is 1.78. The lowest BCUT2D eigenvalue weighted by Crippen LogP contribution is -2.40. The van der Waals surface area contributed by atoms with E-state index in [9.17, 15) is 9.59 Å². The van der Waals surface area contributed by atoms with Crippen LogP contribution < -0.4 is 16.4 Å². The number of nitrogens with two attached hydrogens (primary N) is 1. The van der Waals surface area contributed by atoms with Crippen molar-refractivity contribution in [3.8, 4) is 0 Å². The highest BCUT2D eigenvalue weighted by atomic mass is 16.2. The zero-order valence-corrected chi connectivity index (χ0v) is 15.0. The number of fused-ring (bicyclic) bond motifs is 1. The molecule has 0 spiro atoms. The third kappa shape index (κ3) is 3.85. The summed E-state index contributed by atoms with van der Waals surface area (Å²) in [4.78, 5) is 27.9. The average molecular weight is 352 g/mol. The van der Waals surface area contributed by atoms with E-state index in [1.807, 2.05) is 12.1 Å². The lowest BCUT2D eigenvalue weighted by molar-refractivity contribution is 0.0995. The number of nitrogens with one attached hydrogen (secondary N) is 2. The molecular formula is C20H24N4O2. The number of amides is 3. The first-order valence-electron chi connectivity index (χ1n) is 8.88. The number of anilines is 1. The molecule has 4 N–H and O–H groups in total. The van der Waals surface area contributed by atoms with Crippen molar-refractivity contribution in [3.05, 3.63) is 59.3 Å². The SMILES string of the molecule is CC(C)C1CCc2ccccc2C1NC(=O)Nc1cccc(C(N)=O)n1. The smallest absolute Gasteiger partial charge is 0.320 e. The predicted molar refractivity (Wildman–Crippen MR) is 101 cm³/mol. The first-order chi connectivity index (χ1) is 12.5. The van der Waals surface area contributed by atoms with Crippen molar-refractivity contribution in [2.75, 3.05) is 5.32 Å². The van der Waals surface area contributed by atoms with E-state index >= 15 is 0 Å². The number of urea groups is 1. The van der Waals surface area contributed by atoms with Crippen LogP contribution in [0.15, 0.2) is 42.5 Å². The summed E-state index contributed by atoms with van der Waals surface area (Å²) in [5.41, 5.74) is 7.81. The molecule has 0 saturated heterocycles. The van der Waals surface area contributed by atoms with E-state index in [1.54, 1.807) is 12.1 Å². The number of primary amides is 1. The summed E-state index contributed by atoms with van der Waals surface area (Å²) in [6, 6.07) is 12.6. The molecule has 26 heavy (non-hydrogen) atoms. The Morgan fingerprint density at radius 3 is 2.65 bits per heavy atom. The van der Waals surface area contributed by atoms with Gasteiger partial charge in [-0.15, -0.1) is 0 Å². The highest BCUT2D eigenvalue weighted by Crippen LogP contribution is 2.38. The molecule has 1 aliphatic rings. The van der Waals surface area contributed by atoms with Crippen LogP contribution in [0.2, 0.25) is 0 Å². The Kier molecular flexibility index (Phi) is 5.21. The second kappa shape index (κ2) is 7.56. The number of carbonyl (C=O) groups is 2. The molecule has 2 unspecified atom stereocenters. The van der Waals surface area contributed by atoms with E-state index in [4.69, 9.17) is 5.73 Å². The van der Waals surface area contributed by atoms with E-state index in [2.05, 4.69) is 41.6 Å². The Labute approximate surface area is 153 Å². The largest absolute Gasteiger partial charge is 0.364 e. The molecule has 1 aromatic heterocycles. The minimum Gasteiger partial charge on any atom is -0.364 e. The number of aromatic nitrogens is 1. The van der Waals surface area contributed by atoms with Gasteiger partial charge in [0.1, 0.15) is 11.5 Å². The lowest BCUT2D eigenvalue weighted by atomic mass is 9.74. The van der Waals surface area contributed by atoms with Crippen LogP contribution in [0.4, 0.5) is 10.6 Å². The number of benzene rings is 1. The molecule has 6 nitrogen and oxygen atoms in total. The Hall–Kier alpha value is -2.89. The van der Waals surface area contributed by atoms with Gasteiger partial charge in [0, 0.05) is 0 Å². The molecule has 3 amide bonds. The van der Waals surface area contributed by atoms with Gasteiger partial charge in [-0.25, -0.2) is 9.78 Å². The van der Waals surface area contributed by atoms with Gasteiger partial charge in [0.25, 0.3) is 5.91 Å². The molecule has 3 rings (SSSR count). The van der Waals surface area contributed by atoms with Gasteiger partial charge in [-0.1, -0.05) is 44.2 Å². The van der Waals surface area contributed by atoms with Crippen molar-refractivity contribution in [2.24, 2.45) is 17.6 Å². The average Bonchev–Trinajstić information content (AvgIpc) is 2.61. The first-order valence-corrected chi connectivity index (χ1v) is 8.88. The van der Waals surface area contributed by atoms with Gasteiger partial charge >= 0.3 is 6.03 Å². The highest BCUT2D eigenvalue weighted by Gasteiger charge is 2.32. The maximum atomic E-state index is 12.6. The summed E-state index contributed by atoms with van der Waals surface area (Å²) in [5, 5.41) is 5.80. The predicted octanol–water partition coefficient (Wildman–Crippen LogP) is 3.26. The molecule has 1 heterocycles. The van der Waals surface area contributed by atoms with E-state index in [1.165, 1.54) is 17.2 Å². The molecule has 6 heteroatoms. The van der Waals surface area contributed by atoms with Gasteiger partial charge in [-0.3, -0.25) is 10.1 Å². The van der Waals surface area contributed by atoms with Crippen molar-refractivity contribution >= 4 is 17.8 Å². The topological polar surface area (TPSA) is 97.1 Å². The van der Waals surface area contributed by atoms with Crippen molar-refractivity contribution in [1.82, 2.24) is 10.3 Å². The number of carbonyl (C=O) groups excluding carboxylic acids is 2. The molecule has 0 radical (unpaired) electrons. The van der Waals surface area contributed by atoms with Gasteiger partial charge in [-0.2, -0.15) is 0 Å². The summed E-state index contributed by atoms with van der Waals surface area (Å²) >= 11 is 0. The third-order valence-corrected chi connectivity index (χ3v) is 4.95. The minimum absolute atomic E-state index is 0.0562. The van der Waals surface area contributed by atoms with Crippen molar-refractivity contribution in [1.29, 1.82) is 0 Å². The van der Waals surface area contributed by atoms with Crippen LogP contribution in [0, 0.1) is 11.8 Å². The molecule has 0 aliphatic heterocycles. The zero-order chi connectivity index (χ0) is 18.7. The lowest BCUT2D eigenvalue weighted by Gasteiger charge is -2.36. The summed E-state index contributed by atoms with van der Waals surface area (Å²) in [6.07, 6.45) is 2.07. The number of hydrogen-bond donors (Lipinski definition) is 3. The molecule has 2 atom stereocenters. The second-order valence-corrected chi connectivity index (χ2v) is 6.99. The number of hydrogen-bond acceptors (Lipinski definition) is 3. The maximum absolute atomic E-state index is 12.6. The van der Waals surface area contributed by atoms with E-state index in [0.717, 1.165) is 12.8 Å². The van der Waals surface area contributed by atoms with Crippen LogP contribution in [-0.4, -0.2) is 16.9 Å². The molecule has 0 saturated carbocycles. The van der Waals surface area contributed by atoms with Crippen LogP contribution in [0.25, 0.3) is 0 Å². The van der Waals surface area contributed by atoms with Crippen LogP contribution in [0.5, 0.6) is 0 Å². The van der Waals surface area contributed by atoms with Crippen LogP contribution in [0.3, 0.4) is 0 Å². The third-order valence-electron chi connectivity index (χ3n) is 4.95. The van der Waals surface area contributed by atoms with Gasteiger partial charge in [0.2, 0.25) is 0 Å². The summed E-state index contributed by atoms with van der Waals surface area (Å²) in [6.45, 7) is 4.37.